The monoisotopic (exact) mass is 228 g/mol. The summed E-state index contributed by atoms with van der Waals surface area (Å²) >= 11 is 0. The van der Waals surface area contributed by atoms with Gasteiger partial charge in [0.2, 0.25) is 0 Å². The van der Waals surface area contributed by atoms with E-state index in [0.717, 1.165) is 25.9 Å². The SMILES string of the molecule is CC1(CC2CCCNC2)OCC(CCN)O1. The largest absolute Gasteiger partial charge is 0.348 e. The molecule has 2 heterocycles. The lowest BCUT2D eigenvalue weighted by Gasteiger charge is -2.31. The van der Waals surface area contributed by atoms with Gasteiger partial charge in [-0.1, -0.05) is 0 Å². The topological polar surface area (TPSA) is 56.5 Å². The zero-order chi connectivity index (χ0) is 11.4. The molecule has 3 atom stereocenters. The highest BCUT2D eigenvalue weighted by molar-refractivity contribution is 4.80. The summed E-state index contributed by atoms with van der Waals surface area (Å²) in [6, 6.07) is 0. The van der Waals surface area contributed by atoms with Crippen LogP contribution >= 0.6 is 0 Å². The molecule has 0 amide bonds. The van der Waals surface area contributed by atoms with Crippen LogP contribution in [0.4, 0.5) is 0 Å². The van der Waals surface area contributed by atoms with Crippen LogP contribution in [0.15, 0.2) is 0 Å². The number of nitrogens with two attached hydrogens (primary N) is 1. The first kappa shape index (κ1) is 12.3. The molecular weight excluding hydrogens is 204 g/mol. The maximum absolute atomic E-state index is 5.96. The summed E-state index contributed by atoms with van der Waals surface area (Å²) in [6.07, 6.45) is 4.66. The maximum Gasteiger partial charge on any atom is 0.166 e. The lowest BCUT2D eigenvalue weighted by atomic mass is 9.92. The summed E-state index contributed by atoms with van der Waals surface area (Å²) in [6.45, 7) is 5.70. The quantitative estimate of drug-likeness (QED) is 0.749. The first-order valence-electron chi connectivity index (χ1n) is 6.44. The van der Waals surface area contributed by atoms with Crippen LogP contribution in [0.3, 0.4) is 0 Å². The fourth-order valence-electron chi connectivity index (χ4n) is 2.75. The second kappa shape index (κ2) is 5.45. The molecule has 0 saturated carbocycles. The molecule has 0 spiro atoms. The summed E-state index contributed by atoms with van der Waals surface area (Å²) in [5, 5.41) is 3.43. The fraction of sp³-hybridized carbons (Fsp3) is 1.00. The van der Waals surface area contributed by atoms with Crippen molar-refractivity contribution in [2.24, 2.45) is 11.7 Å². The highest BCUT2D eigenvalue weighted by atomic mass is 16.7. The summed E-state index contributed by atoms with van der Waals surface area (Å²) < 4.78 is 11.8. The van der Waals surface area contributed by atoms with Crippen molar-refractivity contribution in [1.29, 1.82) is 0 Å². The molecule has 4 heteroatoms. The Hall–Kier alpha value is -0.160. The summed E-state index contributed by atoms with van der Waals surface area (Å²) in [4.78, 5) is 0. The molecule has 0 bridgehead atoms. The molecule has 16 heavy (non-hydrogen) atoms. The van der Waals surface area contributed by atoms with Gasteiger partial charge in [-0.15, -0.1) is 0 Å². The van der Waals surface area contributed by atoms with Crippen LogP contribution in [0.2, 0.25) is 0 Å². The number of nitrogens with one attached hydrogen (secondary N) is 1. The minimum Gasteiger partial charge on any atom is -0.348 e. The maximum atomic E-state index is 5.96. The third-order valence-corrected chi connectivity index (χ3v) is 3.54. The Morgan fingerprint density at radius 3 is 3.06 bits per heavy atom. The van der Waals surface area contributed by atoms with Gasteiger partial charge in [0.05, 0.1) is 12.7 Å². The zero-order valence-electron chi connectivity index (χ0n) is 10.2. The van der Waals surface area contributed by atoms with E-state index in [4.69, 9.17) is 15.2 Å². The Balaban J connectivity index is 1.79. The fourth-order valence-corrected chi connectivity index (χ4v) is 2.75. The Kier molecular flexibility index (Phi) is 4.19. The van der Waals surface area contributed by atoms with E-state index in [1.807, 2.05) is 0 Å². The standard InChI is InChI=1S/C12H24N2O2/c1-12(7-10-3-2-6-14-8-10)15-9-11(16-12)4-5-13/h10-11,14H,2-9,13H2,1H3. The van der Waals surface area contributed by atoms with Crippen molar-refractivity contribution in [2.45, 2.75) is 44.5 Å². The molecule has 0 aromatic carbocycles. The molecule has 2 fully saturated rings. The molecular formula is C12H24N2O2. The van der Waals surface area contributed by atoms with Crippen LogP contribution in [0.5, 0.6) is 0 Å². The highest BCUT2D eigenvalue weighted by Crippen LogP contribution is 2.32. The third kappa shape index (κ3) is 3.17. The molecule has 0 radical (unpaired) electrons. The second-order valence-corrected chi connectivity index (χ2v) is 5.18. The van der Waals surface area contributed by atoms with E-state index in [1.54, 1.807) is 0 Å². The predicted octanol–water partition coefficient (Wildman–Crippen LogP) is 0.857. The number of ether oxygens (including phenoxy) is 2. The van der Waals surface area contributed by atoms with Gasteiger partial charge in [-0.25, -0.2) is 0 Å². The molecule has 94 valence electrons. The van der Waals surface area contributed by atoms with Crippen molar-refractivity contribution in [2.75, 3.05) is 26.2 Å². The molecule has 4 nitrogen and oxygen atoms in total. The van der Waals surface area contributed by atoms with Crippen LogP contribution in [0.25, 0.3) is 0 Å². The van der Waals surface area contributed by atoms with Crippen molar-refractivity contribution in [3.8, 4) is 0 Å². The Morgan fingerprint density at radius 1 is 1.50 bits per heavy atom. The Bertz CT molecular complexity index is 219. The number of hydrogen-bond donors (Lipinski definition) is 2. The van der Waals surface area contributed by atoms with Crippen LogP contribution in [-0.2, 0) is 9.47 Å². The zero-order valence-corrected chi connectivity index (χ0v) is 10.2. The second-order valence-electron chi connectivity index (χ2n) is 5.18. The normalized spacial score (nSPS) is 40.1. The van der Waals surface area contributed by atoms with Crippen molar-refractivity contribution < 1.29 is 9.47 Å². The van der Waals surface area contributed by atoms with Gasteiger partial charge in [-0.2, -0.15) is 0 Å². The van der Waals surface area contributed by atoms with Gasteiger partial charge in [0.25, 0.3) is 0 Å². The average Bonchev–Trinajstić information content (AvgIpc) is 2.62. The van der Waals surface area contributed by atoms with E-state index >= 15 is 0 Å². The van der Waals surface area contributed by atoms with E-state index in [1.165, 1.54) is 12.8 Å². The molecule has 0 aliphatic carbocycles. The van der Waals surface area contributed by atoms with E-state index in [0.29, 0.717) is 19.1 Å². The van der Waals surface area contributed by atoms with Crippen LogP contribution in [0, 0.1) is 5.92 Å². The minimum atomic E-state index is -0.372. The number of rotatable bonds is 4. The van der Waals surface area contributed by atoms with Crippen LogP contribution in [0.1, 0.15) is 32.6 Å². The van der Waals surface area contributed by atoms with Gasteiger partial charge in [-0.05, 0) is 51.7 Å². The molecule has 0 aromatic heterocycles. The van der Waals surface area contributed by atoms with Gasteiger partial charge < -0.3 is 20.5 Å². The molecule has 3 N–H and O–H groups in total. The first-order valence-corrected chi connectivity index (χ1v) is 6.44. The van der Waals surface area contributed by atoms with E-state index in [-0.39, 0.29) is 11.9 Å². The minimum absolute atomic E-state index is 0.201. The summed E-state index contributed by atoms with van der Waals surface area (Å²) in [5.74, 6) is 0.319. The van der Waals surface area contributed by atoms with Crippen molar-refractivity contribution >= 4 is 0 Å². The molecule has 3 unspecified atom stereocenters. The predicted molar refractivity (Wildman–Crippen MR) is 63.1 cm³/mol. The van der Waals surface area contributed by atoms with Gasteiger partial charge in [0, 0.05) is 6.42 Å². The van der Waals surface area contributed by atoms with E-state index in [9.17, 15) is 0 Å². The highest BCUT2D eigenvalue weighted by Gasteiger charge is 2.38. The van der Waals surface area contributed by atoms with Crippen molar-refractivity contribution in [3.63, 3.8) is 0 Å². The van der Waals surface area contributed by atoms with Crippen molar-refractivity contribution in [1.82, 2.24) is 5.32 Å². The lowest BCUT2D eigenvalue weighted by Crippen LogP contribution is -2.37. The number of hydrogen-bond acceptors (Lipinski definition) is 4. The number of piperidine rings is 1. The Morgan fingerprint density at radius 2 is 2.38 bits per heavy atom. The van der Waals surface area contributed by atoms with Gasteiger partial charge in [0.1, 0.15) is 0 Å². The molecule has 2 saturated heterocycles. The molecule has 2 aliphatic rings. The third-order valence-electron chi connectivity index (χ3n) is 3.54. The van der Waals surface area contributed by atoms with E-state index < -0.39 is 0 Å². The summed E-state index contributed by atoms with van der Waals surface area (Å²) in [7, 11) is 0. The molecule has 2 aliphatic heterocycles. The molecule has 0 aromatic rings. The summed E-state index contributed by atoms with van der Waals surface area (Å²) in [5.41, 5.74) is 5.54. The first-order chi connectivity index (χ1) is 7.72. The Labute approximate surface area is 97.9 Å². The van der Waals surface area contributed by atoms with Crippen molar-refractivity contribution in [3.05, 3.63) is 0 Å². The lowest BCUT2D eigenvalue weighted by molar-refractivity contribution is -0.167. The molecule has 2 rings (SSSR count). The van der Waals surface area contributed by atoms with Crippen LogP contribution < -0.4 is 11.1 Å². The van der Waals surface area contributed by atoms with Gasteiger partial charge >= 0.3 is 0 Å². The van der Waals surface area contributed by atoms with Crippen LogP contribution in [-0.4, -0.2) is 38.1 Å². The van der Waals surface area contributed by atoms with Gasteiger partial charge in [-0.3, -0.25) is 0 Å². The average molecular weight is 228 g/mol. The van der Waals surface area contributed by atoms with Gasteiger partial charge in [0.15, 0.2) is 5.79 Å². The smallest absolute Gasteiger partial charge is 0.166 e. The van der Waals surface area contributed by atoms with E-state index in [2.05, 4.69) is 12.2 Å².